The number of carbonyl (C=O) groups excluding carboxylic acids is 2. The van der Waals surface area contributed by atoms with Gasteiger partial charge in [-0.3, -0.25) is 9.59 Å². The summed E-state index contributed by atoms with van der Waals surface area (Å²) in [6, 6.07) is 17.9. The fourth-order valence-electron chi connectivity index (χ4n) is 3.57. The Hall–Kier alpha value is -1.27. The second-order valence-corrected chi connectivity index (χ2v) is 30.7. The number of aliphatic hydroxyl groups excluding tert-OH is 3. The summed E-state index contributed by atoms with van der Waals surface area (Å²) in [5, 5.41) is 37.5. The van der Waals surface area contributed by atoms with E-state index in [0.29, 0.717) is 5.56 Å². The van der Waals surface area contributed by atoms with E-state index < -0.39 is 40.4 Å². The molecular formula is C30H32Br6N2O11S2. The van der Waals surface area contributed by atoms with Crippen molar-refractivity contribution >= 4 is 133 Å². The normalized spacial score (nSPS) is 11.6. The summed E-state index contributed by atoms with van der Waals surface area (Å²) in [6.07, 6.45) is 0. The van der Waals surface area contributed by atoms with Crippen molar-refractivity contribution in [1.82, 2.24) is 10.2 Å². The first kappa shape index (κ1) is 47.8. The summed E-state index contributed by atoms with van der Waals surface area (Å²) in [6.45, 7) is 1.44. The minimum Gasteiger partial charge on any atom is -0.478 e. The largest absolute Gasteiger partial charge is 0.478 e. The Balaban J connectivity index is 0.000000407. The highest BCUT2D eigenvalue weighted by atomic mass is 80.0. The van der Waals surface area contributed by atoms with Gasteiger partial charge in [0.2, 0.25) is 22.6 Å². The number of amides is 2. The van der Waals surface area contributed by atoms with Crippen molar-refractivity contribution in [2.24, 2.45) is 0 Å². The van der Waals surface area contributed by atoms with Crippen LogP contribution in [0.3, 0.4) is 0 Å². The Morgan fingerprint density at radius 3 is 1.49 bits per heavy atom. The molecule has 0 aliphatic carbocycles. The Labute approximate surface area is 345 Å². The first-order chi connectivity index (χ1) is 23.5. The van der Waals surface area contributed by atoms with E-state index in [1.165, 1.54) is 53.4 Å². The Kier molecular flexibility index (Phi) is 20.2. The molecule has 0 saturated heterocycles. The average molecular weight is 1140 g/mol. The van der Waals surface area contributed by atoms with Gasteiger partial charge in [-0.15, -0.1) is 0 Å². The van der Waals surface area contributed by atoms with Crippen molar-refractivity contribution < 1.29 is 51.6 Å². The molecule has 0 aliphatic heterocycles. The number of aryl methyl sites for hydroxylation is 1. The lowest BCUT2D eigenvalue weighted by Gasteiger charge is -2.21. The molecule has 51 heavy (non-hydrogen) atoms. The van der Waals surface area contributed by atoms with Crippen LogP contribution in [-0.2, 0) is 19.7 Å². The zero-order valence-electron chi connectivity index (χ0n) is 26.3. The van der Waals surface area contributed by atoms with Crippen LogP contribution in [0.5, 0.6) is 0 Å². The van der Waals surface area contributed by atoms with Gasteiger partial charge >= 0.3 is 5.97 Å². The fraction of sp³-hybridized carbons (Fsp3) is 0.300. The number of hydrogen-bond acceptors (Lipinski definition) is 10. The summed E-state index contributed by atoms with van der Waals surface area (Å²) < 4.78 is 45.9. The predicted molar refractivity (Wildman–Crippen MR) is 214 cm³/mol. The highest BCUT2D eigenvalue weighted by Gasteiger charge is 2.38. The van der Waals surface area contributed by atoms with Gasteiger partial charge in [-0.1, -0.05) is 29.8 Å². The van der Waals surface area contributed by atoms with Crippen LogP contribution in [0, 0.1) is 6.92 Å². The molecule has 21 heteroatoms. The summed E-state index contributed by atoms with van der Waals surface area (Å²) in [5.74, 6) is -1.79. The number of carboxylic acid groups (broad SMARTS) is 1. The third kappa shape index (κ3) is 14.8. The number of aliphatic hydroxyl groups is 3. The first-order valence-electron chi connectivity index (χ1n) is 14.1. The van der Waals surface area contributed by atoms with Crippen molar-refractivity contribution in [1.29, 1.82) is 0 Å². The van der Waals surface area contributed by atoms with Crippen molar-refractivity contribution in [2.75, 3.05) is 39.5 Å². The molecule has 0 heterocycles. The molecule has 3 rings (SSSR count). The molecule has 0 atom stereocenters. The number of benzene rings is 3. The van der Waals surface area contributed by atoms with E-state index >= 15 is 0 Å². The van der Waals surface area contributed by atoms with Gasteiger partial charge in [-0.25, -0.2) is 21.6 Å². The quantitative estimate of drug-likeness (QED) is 0.154. The summed E-state index contributed by atoms with van der Waals surface area (Å²) in [5.41, 5.74) is 1.77. The Morgan fingerprint density at radius 2 is 1.10 bits per heavy atom. The van der Waals surface area contributed by atoms with Gasteiger partial charge in [0.25, 0.3) is 11.8 Å². The lowest BCUT2D eigenvalue weighted by molar-refractivity contribution is 0.0681. The summed E-state index contributed by atoms with van der Waals surface area (Å²) in [4.78, 5) is 35.5. The molecule has 0 fully saturated rings. The van der Waals surface area contributed by atoms with Crippen LogP contribution in [0.25, 0.3) is 0 Å². The molecular weight excluding hydrogens is 1110 g/mol. The smallest absolute Gasteiger partial charge is 0.335 e. The van der Waals surface area contributed by atoms with Crippen LogP contribution in [0.1, 0.15) is 36.6 Å². The molecule has 0 saturated carbocycles. The third-order valence-corrected chi connectivity index (χ3v) is 16.8. The SMILES string of the molecule is Cc1ccc(C(=O)O)cc1.O=C(NCCO)c1cccc(S(=O)(=O)C(Br)(Br)Br)c1.O=C(c1cccc(S(=O)(=O)C(Br)(Br)Br)c1)N(CCO)CCO. The summed E-state index contributed by atoms with van der Waals surface area (Å²) >= 11 is 17.7. The maximum absolute atomic E-state index is 12.3. The summed E-state index contributed by atoms with van der Waals surface area (Å²) in [7, 11) is -7.53. The van der Waals surface area contributed by atoms with Crippen molar-refractivity contribution in [3.05, 3.63) is 95.1 Å². The molecule has 0 unspecified atom stereocenters. The maximum Gasteiger partial charge on any atom is 0.335 e. The Bertz CT molecular complexity index is 1840. The molecule has 3 aromatic rings. The van der Waals surface area contributed by atoms with Crippen LogP contribution in [0.4, 0.5) is 0 Å². The van der Waals surface area contributed by atoms with Gasteiger partial charge in [0, 0.05) is 30.8 Å². The van der Waals surface area contributed by atoms with E-state index in [1.54, 1.807) is 24.3 Å². The lowest BCUT2D eigenvalue weighted by Crippen LogP contribution is -2.36. The van der Waals surface area contributed by atoms with E-state index in [4.69, 9.17) is 20.4 Å². The van der Waals surface area contributed by atoms with Crippen molar-refractivity contribution in [3.63, 3.8) is 0 Å². The highest BCUT2D eigenvalue weighted by molar-refractivity contribution is 9.42. The Morgan fingerprint density at radius 1 is 0.667 bits per heavy atom. The van der Waals surface area contributed by atoms with Crippen LogP contribution < -0.4 is 5.32 Å². The van der Waals surface area contributed by atoms with Gasteiger partial charge in [0.1, 0.15) is 0 Å². The van der Waals surface area contributed by atoms with Gasteiger partial charge < -0.3 is 30.6 Å². The second kappa shape index (κ2) is 21.6. The van der Waals surface area contributed by atoms with E-state index in [1.807, 2.05) is 6.92 Å². The fourth-order valence-corrected chi connectivity index (χ4v) is 8.55. The van der Waals surface area contributed by atoms with Gasteiger partial charge in [-0.2, -0.15) is 0 Å². The van der Waals surface area contributed by atoms with Crippen LogP contribution in [0.15, 0.2) is 82.6 Å². The number of nitrogens with zero attached hydrogens (tertiary/aromatic N) is 1. The number of nitrogens with one attached hydrogen (secondary N) is 1. The van der Waals surface area contributed by atoms with Crippen LogP contribution >= 0.6 is 95.6 Å². The van der Waals surface area contributed by atoms with E-state index in [2.05, 4.69) is 101 Å². The van der Waals surface area contributed by atoms with E-state index in [9.17, 15) is 31.2 Å². The topological polar surface area (TPSA) is 216 Å². The molecule has 0 aliphatic rings. The first-order valence-corrected chi connectivity index (χ1v) is 21.8. The number of carboxylic acids is 1. The molecule has 13 nitrogen and oxygen atoms in total. The number of hydrogen-bond donors (Lipinski definition) is 5. The lowest BCUT2D eigenvalue weighted by atomic mass is 10.2. The third-order valence-electron chi connectivity index (χ3n) is 6.13. The number of carbonyl (C=O) groups is 3. The number of aromatic carboxylic acids is 1. The van der Waals surface area contributed by atoms with Crippen LogP contribution in [0.2, 0.25) is 0 Å². The van der Waals surface area contributed by atoms with E-state index in [0.717, 1.165) is 5.56 Å². The maximum atomic E-state index is 12.3. The average Bonchev–Trinajstić information content (AvgIpc) is 3.06. The molecule has 3 aromatic carbocycles. The van der Waals surface area contributed by atoms with Gasteiger partial charge in [0.15, 0.2) is 0 Å². The van der Waals surface area contributed by atoms with E-state index in [-0.39, 0.29) is 60.4 Å². The van der Waals surface area contributed by atoms with Crippen molar-refractivity contribution in [3.8, 4) is 0 Å². The second-order valence-electron chi connectivity index (χ2n) is 9.84. The van der Waals surface area contributed by atoms with Gasteiger partial charge in [-0.05, 0) is 151 Å². The molecule has 0 bridgehead atoms. The van der Waals surface area contributed by atoms with Crippen molar-refractivity contribution in [2.45, 2.75) is 19.7 Å². The molecule has 5 N–H and O–H groups in total. The zero-order valence-corrected chi connectivity index (χ0v) is 37.5. The molecule has 0 radical (unpaired) electrons. The molecule has 2 amide bonds. The number of sulfone groups is 2. The number of halogens is 6. The zero-order chi connectivity index (χ0) is 39.2. The van der Waals surface area contributed by atoms with Gasteiger partial charge in [0.05, 0.1) is 35.2 Å². The standard InChI is InChI=1S/C12H14Br3NO5S.C10H10Br3NO4S.C8H8O2/c13-12(14,15)22(20,21)10-3-1-2-9(8-10)11(19)16(4-6-17)5-7-18;11-10(12,13)19(17,18)8-3-1-2-7(6-8)9(16)14-4-5-15;1-6-2-4-7(5-3-6)8(9)10/h1-3,8,17-18H,4-7H2;1-3,6,15H,4-5H2,(H,14,16);2-5H,1H3,(H,9,10). The number of rotatable bonds is 11. The number of alkyl halides is 6. The monoisotopic (exact) mass is 1130 g/mol. The minimum atomic E-state index is -3.80. The molecule has 0 spiro atoms. The molecule has 282 valence electrons. The molecule has 0 aromatic heterocycles. The van der Waals surface area contributed by atoms with Crippen LogP contribution in [-0.4, -0.2) is 102 Å². The minimum absolute atomic E-state index is 0.0187. The predicted octanol–water partition coefficient (Wildman–Crippen LogP) is 5.35. The highest BCUT2D eigenvalue weighted by Crippen LogP contribution is 2.44.